The molecule has 0 radical (unpaired) electrons. The van der Waals surface area contributed by atoms with E-state index < -0.39 is 9.85 Å². The van der Waals surface area contributed by atoms with Crippen LogP contribution >= 0.6 is 0 Å². The first kappa shape index (κ1) is 16.5. The molecule has 2 aromatic carbocycles. The maximum atomic E-state index is 10.7. The largest absolute Gasteiger partial charge is 0.308 e. The molecule has 0 amide bonds. The Morgan fingerprint density at radius 2 is 1.17 bits per heavy atom. The normalized spacial score (nSPS) is 10.5. The topological polar surface area (TPSA) is 159 Å². The van der Waals surface area contributed by atoms with Gasteiger partial charge in [-0.3, -0.25) is 20.2 Å². The Labute approximate surface area is 134 Å². The zero-order chi connectivity index (χ0) is 17.7. The molecule has 2 rings (SSSR count). The van der Waals surface area contributed by atoms with Crippen molar-refractivity contribution in [2.75, 3.05) is 0 Å². The van der Waals surface area contributed by atoms with Crippen molar-refractivity contribution in [3.63, 3.8) is 0 Å². The van der Waals surface area contributed by atoms with E-state index in [1.54, 1.807) is 0 Å². The van der Waals surface area contributed by atoms with Gasteiger partial charge in [0.25, 0.3) is 11.4 Å². The first-order chi connectivity index (χ1) is 11.5. The summed E-state index contributed by atoms with van der Waals surface area (Å²) in [6.45, 7) is 0. The Kier molecular flexibility index (Phi) is 4.80. The van der Waals surface area contributed by atoms with E-state index in [0.717, 1.165) is 12.4 Å². The number of non-ortho nitro benzene ring substituents is 2. The van der Waals surface area contributed by atoms with Crippen molar-refractivity contribution in [3.05, 3.63) is 67.8 Å². The molecule has 0 spiro atoms. The maximum Gasteiger partial charge on any atom is 0.270 e. The molecule has 0 atom stereocenters. The first-order valence-electron chi connectivity index (χ1n) is 6.46. The van der Waals surface area contributed by atoms with Gasteiger partial charge in [-0.2, -0.15) is 0 Å². The summed E-state index contributed by atoms with van der Waals surface area (Å²) in [4.78, 5) is 20.3. The lowest BCUT2D eigenvalue weighted by Gasteiger charge is -2.01. The number of nitro benzene ring substituents is 2. The molecule has 10 heteroatoms. The molecule has 0 saturated heterocycles. The fourth-order valence-corrected chi connectivity index (χ4v) is 1.83. The minimum Gasteiger partial charge on any atom is -0.308 e. The van der Waals surface area contributed by atoms with Gasteiger partial charge in [-0.15, -0.1) is 10.2 Å². The molecule has 120 valence electrons. The summed E-state index contributed by atoms with van der Waals surface area (Å²) in [7, 11) is 0. The Morgan fingerprint density at radius 1 is 0.792 bits per heavy atom. The lowest BCUT2D eigenvalue weighted by Crippen LogP contribution is -1.90. The van der Waals surface area contributed by atoms with Crippen LogP contribution in [-0.2, 0) is 0 Å². The SMILES string of the molecule is N=Cc1cc([N+](=O)[O-])ccc1N=Nc1ccc([N+](=O)[O-])cc1C=N. The summed E-state index contributed by atoms with van der Waals surface area (Å²) >= 11 is 0. The van der Waals surface area contributed by atoms with Crippen molar-refractivity contribution in [1.82, 2.24) is 0 Å². The van der Waals surface area contributed by atoms with E-state index in [2.05, 4.69) is 10.2 Å². The molecule has 0 unspecified atom stereocenters. The smallest absolute Gasteiger partial charge is 0.270 e. The highest BCUT2D eigenvalue weighted by molar-refractivity contribution is 5.87. The van der Waals surface area contributed by atoms with Crippen molar-refractivity contribution in [3.8, 4) is 0 Å². The van der Waals surface area contributed by atoms with E-state index >= 15 is 0 Å². The van der Waals surface area contributed by atoms with Crippen molar-refractivity contribution in [2.24, 2.45) is 10.2 Å². The second-order valence-corrected chi connectivity index (χ2v) is 4.49. The molecule has 0 bridgehead atoms. The van der Waals surface area contributed by atoms with E-state index in [4.69, 9.17) is 10.8 Å². The number of nitro groups is 2. The molecule has 2 N–H and O–H groups in total. The van der Waals surface area contributed by atoms with Gasteiger partial charge in [0.05, 0.1) is 21.2 Å². The van der Waals surface area contributed by atoms with Crippen molar-refractivity contribution in [2.45, 2.75) is 0 Å². The molecule has 0 aliphatic rings. The Bertz CT molecular complexity index is 806. The molecule has 0 saturated carbocycles. The summed E-state index contributed by atoms with van der Waals surface area (Å²) in [6, 6.07) is 7.53. The minimum atomic E-state index is -0.586. The molecular weight excluding hydrogens is 316 g/mol. The van der Waals surface area contributed by atoms with Crippen LogP contribution in [0.5, 0.6) is 0 Å². The van der Waals surface area contributed by atoms with Gasteiger partial charge in [-0.05, 0) is 12.1 Å². The summed E-state index contributed by atoms with van der Waals surface area (Å²) < 4.78 is 0. The third-order valence-electron chi connectivity index (χ3n) is 3.02. The van der Waals surface area contributed by atoms with E-state index in [1.807, 2.05) is 0 Å². The zero-order valence-electron chi connectivity index (χ0n) is 12.0. The second kappa shape index (κ2) is 6.96. The predicted molar refractivity (Wildman–Crippen MR) is 86.1 cm³/mol. The number of hydrogen-bond donors (Lipinski definition) is 2. The Balaban J connectivity index is 2.41. The van der Waals surface area contributed by atoms with Crippen LogP contribution in [0.4, 0.5) is 22.7 Å². The zero-order valence-corrected chi connectivity index (χ0v) is 12.0. The van der Waals surface area contributed by atoms with Crippen LogP contribution in [0.3, 0.4) is 0 Å². The average molecular weight is 326 g/mol. The quantitative estimate of drug-likeness (QED) is 0.356. The summed E-state index contributed by atoms with van der Waals surface area (Å²) in [5.41, 5.74) is 0.498. The number of rotatable bonds is 6. The third kappa shape index (κ3) is 3.50. The molecule has 24 heavy (non-hydrogen) atoms. The van der Waals surface area contributed by atoms with Gasteiger partial charge in [0, 0.05) is 47.8 Å². The standard InChI is InChI=1S/C14H10N6O4/c15-7-9-5-11(19(21)22)1-3-13(9)17-18-14-4-2-12(20(23)24)6-10(14)8-16/h1-8,15-16H. The Morgan fingerprint density at radius 3 is 1.46 bits per heavy atom. The minimum absolute atomic E-state index is 0.178. The van der Waals surface area contributed by atoms with Crippen LogP contribution in [0.1, 0.15) is 11.1 Å². The number of hydrogen-bond acceptors (Lipinski definition) is 8. The highest BCUT2D eigenvalue weighted by atomic mass is 16.6. The third-order valence-corrected chi connectivity index (χ3v) is 3.02. The van der Waals surface area contributed by atoms with Crippen LogP contribution in [0.15, 0.2) is 46.6 Å². The van der Waals surface area contributed by atoms with Crippen LogP contribution < -0.4 is 0 Å². The highest BCUT2D eigenvalue weighted by Gasteiger charge is 2.11. The summed E-state index contributed by atoms with van der Waals surface area (Å²) in [6.07, 6.45) is 1.82. The van der Waals surface area contributed by atoms with E-state index in [9.17, 15) is 20.2 Å². The summed E-state index contributed by atoms with van der Waals surface area (Å²) in [5, 5.41) is 43.9. The van der Waals surface area contributed by atoms with Crippen LogP contribution in [-0.4, -0.2) is 22.3 Å². The molecule has 0 fully saturated rings. The first-order valence-corrected chi connectivity index (χ1v) is 6.46. The van der Waals surface area contributed by atoms with Gasteiger partial charge < -0.3 is 10.8 Å². The second-order valence-electron chi connectivity index (χ2n) is 4.49. The van der Waals surface area contributed by atoms with Crippen molar-refractivity contribution < 1.29 is 9.85 Å². The average Bonchev–Trinajstić information content (AvgIpc) is 2.59. The predicted octanol–water partition coefficient (Wildman–Crippen LogP) is 3.91. The molecule has 0 aliphatic carbocycles. The fourth-order valence-electron chi connectivity index (χ4n) is 1.83. The van der Waals surface area contributed by atoms with Crippen LogP contribution in [0.2, 0.25) is 0 Å². The highest BCUT2D eigenvalue weighted by Crippen LogP contribution is 2.28. The fraction of sp³-hybridized carbons (Fsp3) is 0. The molecular formula is C14H10N6O4. The molecule has 10 nitrogen and oxygen atoms in total. The van der Waals surface area contributed by atoms with E-state index in [1.165, 1.54) is 36.4 Å². The van der Waals surface area contributed by atoms with Gasteiger partial charge in [0.15, 0.2) is 0 Å². The molecule has 0 heterocycles. The lowest BCUT2D eigenvalue weighted by atomic mass is 10.1. The van der Waals surface area contributed by atoms with Gasteiger partial charge in [-0.25, -0.2) is 0 Å². The Hall–Kier alpha value is -3.82. The molecule has 0 aromatic heterocycles. The molecule has 2 aromatic rings. The van der Waals surface area contributed by atoms with Gasteiger partial charge in [0.2, 0.25) is 0 Å². The summed E-state index contributed by atoms with van der Waals surface area (Å²) in [5.74, 6) is 0. The lowest BCUT2D eigenvalue weighted by molar-refractivity contribution is -0.385. The maximum absolute atomic E-state index is 10.7. The number of benzene rings is 2. The van der Waals surface area contributed by atoms with E-state index in [-0.39, 0.29) is 33.9 Å². The van der Waals surface area contributed by atoms with E-state index in [0.29, 0.717) is 0 Å². The van der Waals surface area contributed by atoms with Gasteiger partial charge >= 0.3 is 0 Å². The number of nitrogens with one attached hydrogen (secondary N) is 2. The number of azo groups is 1. The van der Waals surface area contributed by atoms with Gasteiger partial charge in [0.1, 0.15) is 0 Å². The van der Waals surface area contributed by atoms with Crippen molar-refractivity contribution >= 4 is 35.2 Å². The number of nitrogens with zero attached hydrogens (tertiary/aromatic N) is 4. The van der Waals surface area contributed by atoms with Gasteiger partial charge in [-0.1, -0.05) is 0 Å². The van der Waals surface area contributed by atoms with Crippen LogP contribution in [0.25, 0.3) is 0 Å². The molecule has 0 aliphatic heterocycles. The monoisotopic (exact) mass is 326 g/mol. The van der Waals surface area contributed by atoms with Crippen molar-refractivity contribution in [1.29, 1.82) is 10.8 Å². The van der Waals surface area contributed by atoms with Crippen LogP contribution in [0, 0.1) is 31.0 Å².